The average molecular weight is 546 g/mol. The molecule has 1 atom stereocenters. The van der Waals surface area contributed by atoms with Gasteiger partial charge >= 0.3 is 0 Å². The Labute approximate surface area is 233 Å². The number of amides is 3. The van der Waals surface area contributed by atoms with Gasteiger partial charge in [-0.3, -0.25) is 19.3 Å². The molecule has 8 nitrogen and oxygen atoms in total. The van der Waals surface area contributed by atoms with E-state index in [2.05, 4.69) is 26.9 Å². The molecule has 204 valence electrons. The van der Waals surface area contributed by atoms with Crippen molar-refractivity contribution in [3.63, 3.8) is 0 Å². The average Bonchev–Trinajstić information content (AvgIpc) is 3.58. The Bertz CT molecular complexity index is 1320. The Balaban J connectivity index is 1.29. The quantitative estimate of drug-likeness (QED) is 0.373. The summed E-state index contributed by atoms with van der Waals surface area (Å²) in [7, 11) is 4.04. The van der Waals surface area contributed by atoms with Gasteiger partial charge in [-0.1, -0.05) is 36.4 Å². The number of hydrogen-bond acceptors (Lipinski definition) is 7. The summed E-state index contributed by atoms with van der Waals surface area (Å²) in [6.07, 6.45) is 3.10. The van der Waals surface area contributed by atoms with Crippen molar-refractivity contribution < 1.29 is 14.4 Å². The van der Waals surface area contributed by atoms with E-state index >= 15 is 0 Å². The lowest BCUT2D eigenvalue weighted by Crippen LogP contribution is -2.44. The smallest absolute Gasteiger partial charge is 0.264 e. The van der Waals surface area contributed by atoms with Crippen molar-refractivity contribution in [3.8, 4) is 0 Å². The summed E-state index contributed by atoms with van der Waals surface area (Å²) in [6, 6.07) is 15.2. The molecule has 0 radical (unpaired) electrons. The van der Waals surface area contributed by atoms with Gasteiger partial charge in [0.2, 0.25) is 5.91 Å². The lowest BCUT2D eigenvalue weighted by atomic mass is 9.93. The van der Waals surface area contributed by atoms with E-state index in [9.17, 15) is 14.4 Å². The van der Waals surface area contributed by atoms with Crippen LogP contribution in [-0.2, 0) is 11.3 Å². The van der Waals surface area contributed by atoms with Crippen molar-refractivity contribution in [2.45, 2.75) is 32.4 Å². The van der Waals surface area contributed by atoms with Crippen LogP contribution in [0, 0.1) is 5.92 Å². The molecule has 0 spiro atoms. The molecule has 0 aliphatic carbocycles. The molecule has 3 heterocycles. The molecule has 2 aliphatic rings. The van der Waals surface area contributed by atoms with Gasteiger partial charge in [-0.25, -0.2) is 4.98 Å². The fourth-order valence-corrected chi connectivity index (χ4v) is 6.15. The number of thiazole rings is 1. The van der Waals surface area contributed by atoms with E-state index < -0.39 is 6.04 Å². The summed E-state index contributed by atoms with van der Waals surface area (Å²) in [4.78, 5) is 52.4. The van der Waals surface area contributed by atoms with Crippen LogP contribution in [0.4, 0.5) is 5.69 Å². The molecule has 0 N–H and O–H groups in total. The molecule has 1 saturated heterocycles. The van der Waals surface area contributed by atoms with Crippen LogP contribution in [0.5, 0.6) is 0 Å². The fraction of sp³-hybridized carbons (Fsp3) is 0.400. The number of benzene rings is 2. The molecule has 1 fully saturated rings. The zero-order valence-electron chi connectivity index (χ0n) is 22.7. The van der Waals surface area contributed by atoms with Gasteiger partial charge in [0.25, 0.3) is 11.8 Å². The fourth-order valence-electron chi connectivity index (χ4n) is 5.47. The molecule has 0 bridgehead atoms. The molecule has 0 unspecified atom stereocenters. The molecule has 3 amide bonds. The van der Waals surface area contributed by atoms with Gasteiger partial charge < -0.3 is 14.7 Å². The third kappa shape index (κ3) is 5.60. The highest BCUT2D eigenvalue weighted by atomic mass is 32.1. The van der Waals surface area contributed by atoms with Crippen molar-refractivity contribution >= 4 is 34.7 Å². The molecule has 5 rings (SSSR count). The number of piperidine rings is 1. The first-order valence-corrected chi connectivity index (χ1v) is 14.4. The minimum atomic E-state index is -0.425. The first kappa shape index (κ1) is 27.0. The maximum atomic E-state index is 13.6. The van der Waals surface area contributed by atoms with Crippen LogP contribution in [0.15, 0.2) is 60.1 Å². The minimum absolute atomic E-state index is 0.0670. The molecule has 3 aromatic rings. The van der Waals surface area contributed by atoms with Crippen LogP contribution in [0.2, 0.25) is 0 Å². The van der Waals surface area contributed by atoms with E-state index in [1.807, 2.05) is 61.6 Å². The first-order valence-electron chi connectivity index (χ1n) is 13.5. The van der Waals surface area contributed by atoms with Crippen molar-refractivity contribution in [1.29, 1.82) is 0 Å². The van der Waals surface area contributed by atoms with Crippen molar-refractivity contribution in [1.82, 2.24) is 19.7 Å². The van der Waals surface area contributed by atoms with Gasteiger partial charge in [0, 0.05) is 50.2 Å². The van der Waals surface area contributed by atoms with Gasteiger partial charge in [-0.2, -0.15) is 0 Å². The highest BCUT2D eigenvalue weighted by Crippen LogP contribution is 2.38. The van der Waals surface area contributed by atoms with E-state index in [1.165, 1.54) is 16.2 Å². The molecule has 2 aromatic carbocycles. The lowest BCUT2D eigenvalue weighted by molar-refractivity contribution is -0.137. The third-order valence-corrected chi connectivity index (χ3v) is 8.60. The number of fused-ring (bicyclic) bond motifs is 1. The first-order chi connectivity index (χ1) is 18.8. The van der Waals surface area contributed by atoms with Crippen LogP contribution in [0.1, 0.15) is 57.1 Å². The van der Waals surface area contributed by atoms with Crippen LogP contribution in [-0.4, -0.2) is 77.7 Å². The second-order valence-electron chi connectivity index (χ2n) is 10.5. The summed E-state index contributed by atoms with van der Waals surface area (Å²) >= 11 is 1.44. The van der Waals surface area contributed by atoms with Gasteiger partial charge in [-0.15, -0.1) is 11.3 Å². The molecular formula is C30H35N5O3S. The van der Waals surface area contributed by atoms with Crippen molar-refractivity contribution in [3.05, 3.63) is 81.8 Å². The van der Waals surface area contributed by atoms with E-state index in [4.69, 9.17) is 0 Å². The molecule has 2 aliphatic heterocycles. The minimum Gasteiger partial charge on any atom is -0.371 e. The topological polar surface area (TPSA) is 77.1 Å². The number of hydrogen-bond donors (Lipinski definition) is 0. The Hall–Kier alpha value is -3.56. The zero-order chi connectivity index (χ0) is 27.5. The monoisotopic (exact) mass is 545 g/mol. The Morgan fingerprint density at radius 1 is 1.03 bits per heavy atom. The standard InChI is InChI=1S/C30H35N5O3S/c1-21(27-31-14-19-39-27)35-29(37)24-10-7-11-25(26(24)30(35)38)33-15-12-23(13-16-33)28(36)34(18-17-32(2)3)20-22-8-5-4-6-9-22/h4-11,14,19,21,23H,12-13,15-18,20H2,1-3H3/t21-/m0/s1. The van der Waals surface area contributed by atoms with Gasteiger partial charge in [0.05, 0.1) is 22.9 Å². The predicted molar refractivity (Wildman–Crippen MR) is 153 cm³/mol. The second kappa shape index (κ2) is 11.7. The number of likely N-dealkylation sites (N-methyl/N-ethyl adjacent to an activating group) is 1. The van der Waals surface area contributed by atoms with Crippen LogP contribution >= 0.6 is 11.3 Å². The SMILES string of the molecule is C[C@@H](c1nccs1)N1C(=O)c2cccc(N3CCC(C(=O)N(CCN(C)C)Cc4ccccc4)CC3)c2C1=O. The van der Waals surface area contributed by atoms with Gasteiger partial charge in [-0.05, 0) is 51.6 Å². The predicted octanol–water partition coefficient (Wildman–Crippen LogP) is 4.31. The summed E-state index contributed by atoms with van der Waals surface area (Å²) in [5, 5.41) is 2.59. The van der Waals surface area contributed by atoms with Gasteiger partial charge in [0.15, 0.2) is 0 Å². The second-order valence-corrected chi connectivity index (χ2v) is 11.5. The van der Waals surface area contributed by atoms with E-state index in [-0.39, 0.29) is 23.6 Å². The van der Waals surface area contributed by atoms with E-state index in [0.29, 0.717) is 50.1 Å². The maximum absolute atomic E-state index is 13.6. The Morgan fingerprint density at radius 3 is 2.44 bits per heavy atom. The Morgan fingerprint density at radius 2 is 1.77 bits per heavy atom. The number of nitrogens with zero attached hydrogens (tertiary/aromatic N) is 5. The van der Waals surface area contributed by atoms with Crippen LogP contribution in [0.3, 0.4) is 0 Å². The zero-order valence-corrected chi connectivity index (χ0v) is 23.6. The van der Waals surface area contributed by atoms with Crippen LogP contribution in [0.25, 0.3) is 0 Å². The summed E-state index contributed by atoms with van der Waals surface area (Å²) in [6.45, 7) is 5.24. The molecule has 9 heteroatoms. The normalized spacial score (nSPS) is 16.6. The number of rotatable bonds is 9. The third-order valence-electron chi connectivity index (χ3n) is 7.65. The number of imide groups is 1. The molecular weight excluding hydrogens is 510 g/mol. The number of aromatic nitrogens is 1. The molecule has 1 aromatic heterocycles. The summed E-state index contributed by atoms with van der Waals surface area (Å²) in [5.41, 5.74) is 2.81. The highest BCUT2D eigenvalue weighted by Gasteiger charge is 2.42. The van der Waals surface area contributed by atoms with Crippen molar-refractivity contribution in [2.24, 2.45) is 5.92 Å². The summed E-state index contributed by atoms with van der Waals surface area (Å²) < 4.78 is 0. The van der Waals surface area contributed by atoms with E-state index in [1.54, 1.807) is 12.3 Å². The van der Waals surface area contributed by atoms with E-state index in [0.717, 1.165) is 22.8 Å². The largest absolute Gasteiger partial charge is 0.371 e. The number of carbonyl (C=O) groups is 3. The van der Waals surface area contributed by atoms with Crippen molar-refractivity contribution in [2.75, 3.05) is 45.2 Å². The van der Waals surface area contributed by atoms with Crippen LogP contribution < -0.4 is 4.90 Å². The van der Waals surface area contributed by atoms with Gasteiger partial charge in [0.1, 0.15) is 5.01 Å². The maximum Gasteiger partial charge on any atom is 0.264 e. The number of anilines is 1. The molecule has 0 saturated carbocycles. The number of carbonyl (C=O) groups excluding carboxylic acids is 3. The lowest BCUT2D eigenvalue weighted by Gasteiger charge is -2.36. The Kier molecular flexibility index (Phi) is 8.09. The molecule has 39 heavy (non-hydrogen) atoms. The summed E-state index contributed by atoms with van der Waals surface area (Å²) in [5.74, 6) is -0.428. The highest BCUT2D eigenvalue weighted by molar-refractivity contribution is 7.09.